The summed E-state index contributed by atoms with van der Waals surface area (Å²) < 4.78 is 0. The van der Waals surface area contributed by atoms with Crippen molar-refractivity contribution in [1.29, 1.82) is 0 Å². The molecule has 0 aliphatic heterocycles. The summed E-state index contributed by atoms with van der Waals surface area (Å²) in [5, 5.41) is 15.9. The molecule has 0 aliphatic rings. The molecule has 0 radical (unpaired) electrons. The number of aromatic nitrogens is 1. The normalized spacial score (nSPS) is 12.3. The highest BCUT2D eigenvalue weighted by Crippen LogP contribution is 2.15. The molecule has 3 N–H and O–H groups in total. The molecule has 1 unspecified atom stereocenters. The molecule has 5 nitrogen and oxygen atoms in total. The molecule has 106 valence electrons. The first kappa shape index (κ1) is 14.4. The maximum Gasteiger partial charge on any atom is 0.252 e. The number of amides is 1. The van der Waals surface area contributed by atoms with Crippen molar-refractivity contribution < 1.29 is 9.90 Å². The van der Waals surface area contributed by atoms with E-state index in [0.717, 1.165) is 10.9 Å². The number of benzene rings is 1. The topological polar surface area (TPSA) is 74.2 Å². The van der Waals surface area contributed by atoms with Gasteiger partial charge in [0.2, 0.25) is 0 Å². The number of aliphatic hydroxyl groups excluding tert-OH is 1. The van der Waals surface area contributed by atoms with E-state index in [0.29, 0.717) is 25.2 Å². The number of pyridine rings is 1. The number of hydrogen-bond acceptors (Lipinski definition) is 4. The van der Waals surface area contributed by atoms with Gasteiger partial charge in [-0.25, -0.2) is 0 Å². The van der Waals surface area contributed by atoms with E-state index < -0.39 is 0 Å². The van der Waals surface area contributed by atoms with Crippen molar-refractivity contribution in [1.82, 2.24) is 15.6 Å². The number of hydrogen-bond donors (Lipinski definition) is 3. The second-order valence-electron chi connectivity index (χ2n) is 4.68. The van der Waals surface area contributed by atoms with Crippen molar-refractivity contribution in [2.45, 2.75) is 13.0 Å². The van der Waals surface area contributed by atoms with Gasteiger partial charge in [-0.05, 0) is 19.1 Å². The van der Waals surface area contributed by atoms with Crippen LogP contribution in [0.3, 0.4) is 0 Å². The zero-order chi connectivity index (χ0) is 14.4. The van der Waals surface area contributed by atoms with E-state index in [1.165, 1.54) is 0 Å². The molecule has 1 heterocycles. The van der Waals surface area contributed by atoms with Crippen LogP contribution in [-0.4, -0.2) is 41.7 Å². The Hall–Kier alpha value is -1.98. The predicted molar refractivity (Wildman–Crippen MR) is 78.6 cm³/mol. The van der Waals surface area contributed by atoms with Crippen molar-refractivity contribution in [2.75, 3.05) is 19.6 Å². The minimum atomic E-state index is -0.380. The van der Waals surface area contributed by atoms with Gasteiger partial charge in [-0.3, -0.25) is 9.78 Å². The van der Waals surface area contributed by atoms with E-state index in [1.54, 1.807) is 19.2 Å². The van der Waals surface area contributed by atoms with Crippen molar-refractivity contribution in [2.24, 2.45) is 0 Å². The minimum Gasteiger partial charge on any atom is -0.392 e. The zero-order valence-electron chi connectivity index (χ0n) is 11.5. The quantitative estimate of drug-likeness (QED) is 0.685. The van der Waals surface area contributed by atoms with Gasteiger partial charge in [0, 0.05) is 31.2 Å². The number of nitrogens with zero attached hydrogens (tertiary/aromatic N) is 1. The standard InChI is InChI=1S/C15H19N3O2/c1-11(19)10-16-8-9-18-15(20)13-6-7-17-14-5-3-2-4-12(13)14/h2-7,11,16,19H,8-10H2,1H3,(H,18,20). The molecule has 1 atom stereocenters. The lowest BCUT2D eigenvalue weighted by molar-refractivity contribution is 0.0955. The summed E-state index contributed by atoms with van der Waals surface area (Å²) in [5.41, 5.74) is 1.44. The smallest absolute Gasteiger partial charge is 0.252 e. The van der Waals surface area contributed by atoms with E-state index in [4.69, 9.17) is 5.11 Å². The van der Waals surface area contributed by atoms with E-state index in [2.05, 4.69) is 15.6 Å². The number of fused-ring (bicyclic) bond motifs is 1. The third kappa shape index (κ3) is 3.76. The molecule has 0 saturated heterocycles. The molecule has 0 spiro atoms. The molecule has 1 aromatic heterocycles. The first-order valence-electron chi connectivity index (χ1n) is 6.69. The molecule has 20 heavy (non-hydrogen) atoms. The van der Waals surface area contributed by atoms with Crippen LogP contribution in [0.2, 0.25) is 0 Å². The molecular weight excluding hydrogens is 254 g/mol. The number of nitrogens with one attached hydrogen (secondary N) is 2. The Morgan fingerprint density at radius 3 is 2.90 bits per heavy atom. The molecule has 2 rings (SSSR count). The van der Waals surface area contributed by atoms with Crippen LogP contribution >= 0.6 is 0 Å². The van der Waals surface area contributed by atoms with Crippen LogP contribution in [0.1, 0.15) is 17.3 Å². The Labute approximate surface area is 118 Å². The highest BCUT2D eigenvalue weighted by atomic mass is 16.3. The summed E-state index contributed by atoms with van der Waals surface area (Å²) in [7, 11) is 0. The van der Waals surface area contributed by atoms with Gasteiger partial charge in [-0.1, -0.05) is 18.2 Å². The molecule has 0 aliphatic carbocycles. The molecule has 0 saturated carbocycles. The second kappa shape index (κ2) is 6.98. The van der Waals surface area contributed by atoms with Gasteiger partial charge < -0.3 is 15.7 Å². The number of para-hydroxylation sites is 1. The van der Waals surface area contributed by atoms with E-state index in [1.807, 2.05) is 24.3 Å². The molecule has 2 aromatic rings. The first-order chi connectivity index (χ1) is 9.68. The lowest BCUT2D eigenvalue weighted by Gasteiger charge is -2.09. The Kier molecular flexibility index (Phi) is 5.03. The predicted octanol–water partition coefficient (Wildman–Crippen LogP) is 0.935. The van der Waals surface area contributed by atoms with Crippen molar-refractivity contribution in [3.05, 3.63) is 42.1 Å². The van der Waals surface area contributed by atoms with E-state index in [9.17, 15) is 4.79 Å². The molecule has 0 fully saturated rings. The third-order valence-electron chi connectivity index (χ3n) is 2.92. The third-order valence-corrected chi connectivity index (χ3v) is 2.92. The van der Waals surface area contributed by atoms with Gasteiger partial charge in [0.25, 0.3) is 5.91 Å². The maximum absolute atomic E-state index is 12.1. The average molecular weight is 273 g/mol. The molecule has 5 heteroatoms. The summed E-state index contributed by atoms with van der Waals surface area (Å²) in [5.74, 6) is -0.109. The fourth-order valence-corrected chi connectivity index (χ4v) is 1.96. The Balaban J connectivity index is 1.94. The van der Waals surface area contributed by atoms with E-state index in [-0.39, 0.29) is 12.0 Å². The summed E-state index contributed by atoms with van der Waals surface area (Å²) in [6.07, 6.45) is 1.26. The van der Waals surface area contributed by atoms with Crippen LogP contribution < -0.4 is 10.6 Å². The Morgan fingerprint density at radius 2 is 2.10 bits per heavy atom. The lowest BCUT2D eigenvalue weighted by atomic mass is 10.1. The monoisotopic (exact) mass is 273 g/mol. The summed E-state index contributed by atoms with van der Waals surface area (Å²) in [6, 6.07) is 9.29. The maximum atomic E-state index is 12.1. The van der Waals surface area contributed by atoms with Crippen LogP contribution in [-0.2, 0) is 0 Å². The Morgan fingerprint density at radius 1 is 1.30 bits per heavy atom. The van der Waals surface area contributed by atoms with E-state index >= 15 is 0 Å². The molecule has 1 aromatic carbocycles. The number of carbonyl (C=O) groups is 1. The summed E-state index contributed by atoms with van der Waals surface area (Å²) in [4.78, 5) is 16.4. The Bertz CT molecular complexity index is 579. The average Bonchev–Trinajstić information content (AvgIpc) is 2.45. The SMILES string of the molecule is CC(O)CNCCNC(=O)c1ccnc2ccccc12. The largest absolute Gasteiger partial charge is 0.392 e. The molecule has 0 bridgehead atoms. The minimum absolute atomic E-state index is 0.109. The first-order valence-corrected chi connectivity index (χ1v) is 6.69. The van der Waals surface area contributed by atoms with Crippen molar-refractivity contribution in [3.63, 3.8) is 0 Å². The number of carbonyl (C=O) groups excluding carboxylic acids is 1. The number of aliphatic hydroxyl groups is 1. The van der Waals surface area contributed by atoms with Crippen LogP contribution in [0.25, 0.3) is 10.9 Å². The molecular formula is C15H19N3O2. The highest BCUT2D eigenvalue weighted by molar-refractivity contribution is 6.05. The van der Waals surface area contributed by atoms with Gasteiger partial charge in [0.05, 0.1) is 17.2 Å². The fraction of sp³-hybridized carbons (Fsp3) is 0.333. The van der Waals surface area contributed by atoms with Crippen molar-refractivity contribution >= 4 is 16.8 Å². The lowest BCUT2D eigenvalue weighted by Crippen LogP contribution is -2.34. The van der Waals surface area contributed by atoms with Gasteiger partial charge >= 0.3 is 0 Å². The summed E-state index contributed by atoms with van der Waals surface area (Å²) >= 11 is 0. The van der Waals surface area contributed by atoms with Crippen LogP contribution in [0, 0.1) is 0 Å². The molecule has 1 amide bonds. The fourth-order valence-electron chi connectivity index (χ4n) is 1.96. The van der Waals surface area contributed by atoms with Crippen LogP contribution in [0.5, 0.6) is 0 Å². The number of rotatable bonds is 6. The highest BCUT2D eigenvalue weighted by Gasteiger charge is 2.09. The van der Waals surface area contributed by atoms with Gasteiger partial charge in [0.15, 0.2) is 0 Å². The van der Waals surface area contributed by atoms with Gasteiger partial charge in [-0.2, -0.15) is 0 Å². The van der Waals surface area contributed by atoms with Crippen molar-refractivity contribution in [3.8, 4) is 0 Å². The zero-order valence-corrected chi connectivity index (χ0v) is 11.5. The van der Waals surface area contributed by atoms with Crippen LogP contribution in [0.4, 0.5) is 0 Å². The van der Waals surface area contributed by atoms with Crippen LogP contribution in [0.15, 0.2) is 36.5 Å². The summed E-state index contributed by atoms with van der Waals surface area (Å²) in [6.45, 7) is 3.38. The second-order valence-corrected chi connectivity index (χ2v) is 4.68. The van der Waals surface area contributed by atoms with Gasteiger partial charge in [0.1, 0.15) is 0 Å². The van der Waals surface area contributed by atoms with Gasteiger partial charge in [-0.15, -0.1) is 0 Å².